The Morgan fingerprint density at radius 3 is 2.41 bits per heavy atom. The van der Waals surface area contributed by atoms with Crippen LogP contribution in [0.1, 0.15) is 42.5 Å². The van der Waals surface area contributed by atoms with Crippen LogP contribution in [0.5, 0.6) is 5.75 Å². The van der Waals surface area contributed by atoms with Gasteiger partial charge in [0.2, 0.25) is 0 Å². The maximum Gasteiger partial charge on any atom is 0.355 e. The molecule has 1 N–H and O–H groups in total. The first-order valence-electron chi connectivity index (χ1n) is 7.04. The minimum absolute atomic E-state index is 0.0140. The average molecular weight is 300 g/mol. The normalized spacial score (nSPS) is 11.3. The van der Waals surface area contributed by atoms with Crippen molar-refractivity contribution >= 4 is 5.97 Å². The van der Waals surface area contributed by atoms with Gasteiger partial charge in [-0.1, -0.05) is 6.07 Å². The van der Waals surface area contributed by atoms with E-state index < -0.39 is 5.97 Å². The van der Waals surface area contributed by atoms with Crippen LogP contribution in [0.4, 0.5) is 0 Å². The summed E-state index contributed by atoms with van der Waals surface area (Å²) >= 11 is 0. The number of hydrogen-bond donors (Lipinski definition) is 1. The molecule has 0 saturated heterocycles. The fourth-order valence-corrected chi connectivity index (χ4v) is 2.29. The Hall–Kier alpha value is -2.43. The predicted octanol–water partition coefficient (Wildman–Crippen LogP) is 3.64. The molecule has 5 heteroatoms. The monoisotopic (exact) mass is 300 g/mol. The molecule has 0 aliphatic heterocycles. The van der Waals surface area contributed by atoms with Crippen LogP contribution < -0.4 is 4.74 Å². The zero-order valence-corrected chi connectivity index (χ0v) is 13.5. The lowest BCUT2D eigenvalue weighted by atomic mass is 9.97. The van der Waals surface area contributed by atoms with Gasteiger partial charge in [0, 0.05) is 11.3 Å². The average Bonchev–Trinajstić information content (AvgIpc) is 2.37. The largest absolute Gasteiger partial charge is 0.488 e. The first kappa shape index (κ1) is 15.9. The molecule has 22 heavy (non-hydrogen) atoms. The van der Waals surface area contributed by atoms with Gasteiger partial charge in [0.05, 0.1) is 0 Å². The highest BCUT2D eigenvalue weighted by molar-refractivity contribution is 5.95. The molecule has 0 saturated carbocycles. The first-order valence-corrected chi connectivity index (χ1v) is 7.04. The molecule has 0 fully saturated rings. The summed E-state index contributed by atoms with van der Waals surface area (Å²) in [6, 6.07) is 5.60. The van der Waals surface area contributed by atoms with Gasteiger partial charge in [-0.3, -0.25) is 0 Å². The van der Waals surface area contributed by atoms with Gasteiger partial charge in [-0.2, -0.15) is 0 Å². The van der Waals surface area contributed by atoms with Crippen molar-refractivity contribution in [3.63, 3.8) is 0 Å². The number of aromatic carboxylic acids is 1. The molecule has 1 heterocycles. The minimum Gasteiger partial charge on any atom is -0.488 e. The predicted molar refractivity (Wildman–Crippen MR) is 84.3 cm³/mol. The maximum absolute atomic E-state index is 11.4. The molecular weight excluding hydrogens is 280 g/mol. The van der Waals surface area contributed by atoms with E-state index in [4.69, 9.17) is 4.74 Å². The van der Waals surface area contributed by atoms with Crippen molar-refractivity contribution in [1.82, 2.24) is 9.97 Å². The lowest BCUT2D eigenvalue weighted by Crippen LogP contribution is -2.22. The first-order chi connectivity index (χ1) is 10.2. The zero-order chi connectivity index (χ0) is 16.5. The Balaban J connectivity index is 2.53. The van der Waals surface area contributed by atoms with E-state index in [9.17, 15) is 9.90 Å². The topological polar surface area (TPSA) is 72.3 Å². The number of rotatable bonds is 3. The van der Waals surface area contributed by atoms with Crippen LogP contribution >= 0.6 is 0 Å². The van der Waals surface area contributed by atoms with Crippen LogP contribution in [0.25, 0.3) is 11.1 Å². The van der Waals surface area contributed by atoms with Crippen LogP contribution in [0.15, 0.2) is 24.5 Å². The van der Waals surface area contributed by atoms with Crippen LogP contribution in [-0.2, 0) is 0 Å². The molecule has 0 spiro atoms. The molecule has 0 bridgehead atoms. The number of hydrogen-bond acceptors (Lipinski definition) is 4. The number of benzene rings is 1. The van der Waals surface area contributed by atoms with E-state index >= 15 is 0 Å². The second kappa shape index (κ2) is 5.75. The van der Waals surface area contributed by atoms with Gasteiger partial charge in [-0.05, 0) is 57.9 Å². The highest BCUT2D eigenvalue weighted by atomic mass is 16.5. The van der Waals surface area contributed by atoms with Gasteiger partial charge < -0.3 is 9.84 Å². The molecule has 2 rings (SSSR count). The third-order valence-electron chi connectivity index (χ3n) is 3.13. The molecule has 2 aromatic rings. The Kier molecular flexibility index (Phi) is 4.17. The van der Waals surface area contributed by atoms with Crippen LogP contribution in [0.2, 0.25) is 0 Å². The number of carboxylic acid groups (broad SMARTS) is 1. The number of ether oxygens (including phenoxy) is 1. The molecule has 0 atom stereocenters. The highest BCUT2D eigenvalue weighted by Gasteiger charge is 2.19. The summed E-state index contributed by atoms with van der Waals surface area (Å²) in [4.78, 5) is 19.4. The van der Waals surface area contributed by atoms with E-state index in [0.29, 0.717) is 11.3 Å². The second-order valence-electron chi connectivity index (χ2n) is 6.18. The van der Waals surface area contributed by atoms with Gasteiger partial charge in [-0.15, -0.1) is 0 Å². The molecule has 0 aliphatic rings. The van der Waals surface area contributed by atoms with Crippen LogP contribution in [0, 0.1) is 13.8 Å². The molecule has 0 radical (unpaired) electrons. The van der Waals surface area contributed by atoms with Crippen LogP contribution in [0.3, 0.4) is 0 Å². The quantitative estimate of drug-likeness (QED) is 0.937. The van der Waals surface area contributed by atoms with Gasteiger partial charge in [-0.25, -0.2) is 14.8 Å². The molecule has 1 aromatic carbocycles. The van der Waals surface area contributed by atoms with Crippen molar-refractivity contribution in [2.75, 3.05) is 0 Å². The lowest BCUT2D eigenvalue weighted by molar-refractivity contribution is 0.0691. The lowest BCUT2D eigenvalue weighted by Gasteiger charge is -2.22. The van der Waals surface area contributed by atoms with Gasteiger partial charge in [0.25, 0.3) is 0 Å². The van der Waals surface area contributed by atoms with E-state index in [1.807, 2.05) is 45.9 Å². The van der Waals surface area contributed by atoms with Crippen molar-refractivity contribution in [3.8, 4) is 16.9 Å². The third-order valence-corrected chi connectivity index (χ3v) is 3.13. The van der Waals surface area contributed by atoms with E-state index in [0.717, 1.165) is 16.9 Å². The van der Waals surface area contributed by atoms with Gasteiger partial charge in [0.1, 0.15) is 17.7 Å². The number of carboxylic acids is 1. The van der Waals surface area contributed by atoms with E-state index in [-0.39, 0.29) is 11.3 Å². The Morgan fingerprint density at radius 2 is 1.86 bits per heavy atom. The smallest absolute Gasteiger partial charge is 0.355 e. The second-order valence-corrected chi connectivity index (χ2v) is 6.18. The van der Waals surface area contributed by atoms with Crippen LogP contribution in [-0.4, -0.2) is 26.6 Å². The third kappa shape index (κ3) is 3.42. The van der Waals surface area contributed by atoms with Crippen molar-refractivity contribution in [3.05, 3.63) is 41.5 Å². The molecule has 0 unspecified atom stereocenters. The van der Waals surface area contributed by atoms with E-state index in [1.54, 1.807) is 6.92 Å². The van der Waals surface area contributed by atoms with E-state index in [2.05, 4.69) is 9.97 Å². The Bertz CT molecular complexity index is 718. The number of aryl methyl sites for hydroxylation is 2. The van der Waals surface area contributed by atoms with Crippen molar-refractivity contribution in [2.45, 2.75) is 40.2 Å². The van der Waals surface area contributed by atoms with Crippen molar-refractivity contribution < 1.29 is 14.6 Å². The number of carbonyl (C=O) groups is 1. The maximum atomic E-state index is 11.4. The summed E-state index contributed by atoms with van der Waals surface area (Å²) in [5.41, 5.74) is 2.64. The Morgan fingerprint density at radius 1 is 1.18 bits per heavy atom. The van der Waals surface area contributed by atoms with Crippen molar-refractivity contribution in [1.29, 1.82) is 0 Å². The number of aromatic nitrogens is 2. The van der Waals surface area contributed by atoms with Crippen molar-refractivity contribution in [2.24, 2.45) is 0 Å². The van der Waals surface area contributed by atoms with Gasteiger partial charge in [0.15, 0.2) is 5.69 Å². The molecule has 5 nitrogen and oxygen atoms in total. The fraction of sp³-hybridized carbons (Fsp3) is 0.353. The molecule has 116 valence electrons. The van der Waals surface area contributed by atoms with Gasteiger partial charge >= 0.3 is 5.97 Å². The molecule has 1 aromatic heterocycles. The SMILES string of the molecule is Cc1cc(OC(C)(C)C)ccc1-c1c(C)ncnc1C(=O)O. The molecule has 0 amide bonds. The summed E-state index contributed by atoms with van der Waals surface area (Å²) in [7, 11) is 0. The standard InChI is InChI=1S/C17H20N2O3/c1-10-8-12(22-17(3,4)5)6-7-13(10)14-11(2)18-9-19-15(14)16(20)21/h6-9H,1-5H3,(H,20,21). The van der Waals surface area contributed by atoms with E-state index in [1.165, 1.54) is 6.33 Å². The fourth-order valence-electron chi connectivity index (χ4n) is 2.29. The summed E-state index contributed by atoms with van der Waals surface area (Å²) in [5, 5.41) is 9.33. The number of nitrogens with zero attached hydrogens (tertiary/aromatic N) is 2. The summed E-state index contributed by atoms with van der Waals surface area (Å²) < 4.78 is 5.83. The summed E-state index contributed by atoms with van der Waals surface area (Å²) in [6.45, 7) is 9.64. The highest BCUT2D eigenvalue weighted by Crippen LogP contribution is 2.31. The Labute approximate surface area is 130 Å². The summed E-state index contributed by atoms with van der Waals surface area (Å²) in [5.74, 6) is -0.310. The molecule has 0 aliphatic carbocycles. The summed E-state index contributed by atoms with van der Waals surface area (Å²) in [6.07, 6.45) is 1.27. The zero-order valence-electron chi connectivity index (χ0n) is 13.5. The molecular formula is C17H20N2O3. The minimum atomic E-state index is -1.06.